The summed E-state index contributed by atoms with van der Waals surface area (Å²) in [6.07, 6.45) is 2.89. The topological polar surface area (TPSA) is 93.1 Å². The van der Waals surface area contributed by atoms with Crippen molar-refractivity contribution in [1.29, 1.82) is 0 Å². The molecule has 34 heavy (non-hydrogen) atoms. The van der Waals surface area contributed by atoms with Crippen LogP contribution in [0.15, 0.2) is 72.8 Å². The molecule has 0 aromatic heterocycles. The van der Waals surface area contributed by atoms with Crippen molar-refractivity contribution in [2.45, 2.75) is 25.7 Å². The number of aromatic carboxylic acids is 2. The maximum absolute atomic E-state index is 11.7. The van der Waals surface area contributed by atoms with Crippen LogP contribution < -0.4 is 9.47 Å². The van der Waals surface area contributed by atoms with Crippen molar-refractivity contribution < 1.29 is 29.3 Å². The van der Waals surface area contributed by atoms with E-state index in [9.17, 15) is 19.8 Å². The number of hydrogen-bond donors (Lipinski definition) is 2. The van der Waals surface area contributed by atoms with Crippen molar-refractivity contribution >= 4 is 36.8 Å². The molecular weight excluding hydrogens is 479 g/mol. The molecule has 6 nitrogen and oxygen atoms in total. The molecule has 182 valence electrons. The Kier molecular flexibility index (Phi) is 12.6. The Hall–Kier alpha value is -3.22. The maximum atomic E-state index is 11.7. The number of benzene rings is 3. The Balaban J connectivity index is 0.00000289. The lowest BCUT2D eigenvalue weighted by Crippen LogP contribution is -2.11. The predicted octanol–water partition coefficient (Wildman–Crippen LogP) is 5.95. The van der Waals surface area contributed by atoms with E-state index in [2.05, 4.69) is 0 Å². The normalized spacial score (nSPS) is 9.88. The van der Waals surface area contributed by atoms with Crippen LogP contribution in [-0.4, -0.2) is 35.4 Å². The molecular formula is C26H28Cl2O6. The van der Waals surface area contributed by atoms with Gasteiger partial charge in [-0.05, 0) is 48.9 Å². The molecule has 0 aliphatic carbocycles. The molecule has 2 N–H and O–H groups in total. The van der Waals surface area contributed by atoms with Gasteiger partial charge in [-0.2, -0.15) is 0 Å². The van der Waals surface area contributed by atoms with Gasteiger partial charge in [0.05, 0.1) is 13.2 Å². The second-order valence-corrected chi connectivity index (χ2v) is 7.33. The Labute approximate surface area is 211 Å². The van der Waals surface area contributed by atoms with Crippen LogP contribution in [0.5, 0.6) is 11.5 Å². The molecule has 0 saturated carbocycles. The molecule has 0 atom stereocenters. The molecule has 3 aromatic carbocycles. The number of rotatable bonds is 12. The highest BCUT2D eigenvalue weighted by atomic mass is 35.5. The summed E-state index contributed by atoms with van der Waals surface area (Å²) >= 11 is 0. The third kappa shape index (κ3) is 8.61. The van der Waals surface area contributed by atoms with Crippen molar-refractivity contribution in [2.24, 2.45) is 0 Å². The van der Waals surface area contributed by atoms with E-state index in [1.807, 2.05) is 60.7 Å². The first kappa shape index (κ1) is 28.8. The Morgan fingerprint density at radius 2 is 0.971 bits per heavy atom. The first-order valence-corrected chi connectivity index (χ1v) is 10.5. The molecule has 0 unspecified atom stereocenters. The molecule has 0 fully saturated rings. The van der Waals surface area contributed by atoms with E-state index in [0.29, 0.717) is 12.8 Å². The number of hydrogen-bond acceptors (Lipinski definition) is 4. The van der Waals surface area contributed by atoms with Crippen molar-refractivity contribution in [1.82, 2.24) is 0 Å². The number of halogens is 2. The number of carboxylic acid groups (broad SMARTS) is 2. The van der Waals surface area contributed by atoms with Crippen LogP contribution >= 0.6 is 24.8 Å². The van der Waals surface area contributed by atoms with Crippen LogP contribution in [0.2, 0.25) is 0 Å². The summed E-state index contributed by atoms with van der Waals surface area (Å²) in [7, 11) is 0. The lowest BCUT2D eigenvalue weighted by Gasteiger charge is -2.14. The standard InChI is InChI=1S/C26H26O6.2ClH/c27-25(28)21-18-24(32-16-8-14-20-11-5-2-6-12-20)22(26(29)30)17-23(21)31-15-7-13-19-9-3-1-4-10-19;;/h1-6,9-12,17-18H,7-8,13-16H2,(H,27,28)(H,29,30);2*1H. The average Bonchev–Trinajstić information content (AvgIpc) is 2.80. The second kappa shape index (κ2) is 14.8. The van der Waals surface area contributed by atoms with E-state index in [4.69, 9.17) is 9.47 Å². The van der Waals surface area contributed by atoms with Crippen LogP contribution in [0.25, 0.3) is 0 Å². The van der Waals surface area contributed by atoms with Crippen LogP contribution in [0, 0.1) is 0 Å². The second-order valence-electron chi connectivity index (χ2n) is 7.33. The molecule has 0 aliphatic heterocycles. The van der Waals surface area contributed by atoms with Gasteiger partial charge in [0.2, 0.25) is 0 Å². The van der Waals surface area contributed by atoms with E-state index in [-0.39, 0.29) is 60.7 Å². The fourth-order valence-electron chi connectivity index (χ4n) is 3.34. The first-order chi connectivity index (χ1) is 15.5. The van der Waals surface area contributed by atoms with E-state index in [0.717, 1.165) is 24.0 Å². The van der Waals surface area contributed by atoms with E-state index >= 15 is 0 Å². The van der Waals surface area contributed by atoms with Gasteiger partial charge < -0.3 is 19.7 Å². The molecule has 0 aliphatic rings. The molecule has 3 aromatic rings. The van der Waals surface area contributed by atoms with E-state index < -0.39 is 11.9 Å². The molecule has 0 amide bonds. The fraction of sp³-hybridized carbons (Fsp3) is 0.231. The highest BCUT2D eigenvalue weighted by molar-refractivity contribution is 5.97. The SMILES string of the molecule is Cl.Cl.O=C(O)c1cc(OCCCc2ccccc2)c(C(=O)O)cc1OCCCc1ccccc1. The Morgan fingerprint density at radius 1 is 0.618 bits per heavy atom. The summed E-state index contributed by atoms with van der Waals surface area (Å²) in [4.78, 5) is 23.5. The van der Waals surface area contributed by atoms with Crippen molar-refractivity contribution in [3.63, 3.8) is 0 Å². The van der Waals surface area contributed by atoms with Gasteiger partial charge in [0.25, 0.3) is 0 Å². The van der Waals surface area contributed by atoms with Crippen molar-refractivity contribution in [3.8, 4) is 11.5 Å². The Morgan fingerprint density at radius 3 is 1.29 bits per heavy atom. The summed E-state index contributed by atoms with van der Waals surface area (Å²) in [5.41, 5.74) is 2.07. The highest BCUT2D eigenvalue weighted by Gasteiger charge is 2.21. The lowest BCUT2D eigenvalue weighted by molar-refractivity contribution is 0.0672. The van der Waals surface area contributed by atoms with Gasteiger partial charge >= 0.3 is 11.9 Å². The number of carboxylic acids is 2. The summed E-state index contributed by atoms with van der Waals surface area (Å²) < 4.78 is 11.3. The van der Waals surface area contributed by atoms with Crippen LogP contribution in [0.4, 0.5) is 0 Å². The summed E-state index contributed by atoms with van der Waals surface area (Å²) in [5.74, 6) is -2.34. The number of carbonyl (C=O) groups is 2. The minimum atomic E-state index is -1.20. The number of ether oxygens (including phenoxy) is 2. The smallest absolute Gasteiger partial charge is 0.339 e. The van der Waals surface area contributed by atoms with Crippen LogP contribution in [0.1, 0.15) is 44.7 Å². The molecule has 0 heterocycles. The molecule has 0 radical (unpaired) electrons. The van der Waals surface area contributed by atoms with E-state index in [1.165, 1.54) is 12.1 Å². The minimum Gasteiger partial charge on any atom is -0.493 e. The minimum absolute atomic E-state index is 0. The lowest BCUT2D eigenvalue weighted by atomic mass is 10.1. The van der Waals surface area contributed by atoms with Gasteiger partial charge in [-0.3, -0.25) is 0 Å². The highest BCUT2D eigenvalue weighted by Crippen LogP contribution is 2.30. The summed E-state index contributed by atoms with van der Waals surface area (Å²) in [5, 5.41) is 19.2. The van der Waals surface area contributed by atoms with Gasteiger partial charge in [0.1, 0.15) is 22.6 Å². The van der Waals surface area contributed by atoms with Gasteiger partial charge in [-0.25, -0.2) is 9.59 Å². The summed E-state index contributed by atoms with van der Waals surface area (Å²) in [6.45, 7) is 0.539. The maximum Gasteiger partial charge on any atom is 0.339 e. The zero-order chi connectivity index (χ0) is 22.8. The van der Waals surface area contributed by atoms with Gasteiger partial charge in [-0.15, -0.1) is 24.8 Å². The van der Waals surface area contributed by atoms with Crippen LogP contribution in [0.3, 0.4) is 0 Å². The largest absolute Gasteiger partial charge is 0.493 e. The third-order valence-corrected chi connectivity index (χ3v) is 4.96. The molecule has 0 bridgehead atoms. The fourth-order valence-corrected chi connectivity index (χ4v) is 3.34. The van der Waals surface area contributed by atoms with Gasteiger partial charge in [0, 0.05) is 0 Å². The first-order valence-electron chi connectivity index (χ1n) is 10.5. The van der Waals surface area contributed by atoms with E-state index in [1.54, 1.807) is 0 Å². The number of aryl methyl sites for hydroxylation is 2. The van der Waals surface area contributed by atoms with Crippen molar-refractivity contribution in [3.05, 3.63) is 95.1 Å². The molecule has 3 rings (SSSR count). The van der Waals surface area contributed by atoms with Gasteiger partial charge in [-0.1, -0.05) is 60.7 Å². The molecule has 8 heteroatoms. The average molecular weight is 507 g/mol. The molecule has 0 saturated heterocycles. The monoisotopic (exact) mass is 506 g/mol. The zero-order valence-electron chi connectivity index (χ0n) is 18.5. The molecule has 0 spiro atoms. The summed E-state index contributed by atoms with van der Waals surface area (Å²) in [6, 6.07) is 22.2. The van der Waals surface area contributed by atoms with Crippen LogP contribution in [-0.2, 0) is 12.8 Å². The third-order valence-electron chi connectivity index (χ3n) is 4.96. The predicted molar refractivity (Wildman–Crippen MR) is 135 cm³/mol. The quantitative estimate of drug-likeness (QED) is 0.295. The Bertz CT molecular complexity index is 957. The zero-order valence-corrected chi connectivity index (χ0v) is 20.1. The van der Waals surface area contributed by atoms with Gasteiger partial charge in [0.15, 0.2) is 0 Å². The van der Waals surface area contributed by atoms with Crippen molar-refractivity contribution in [2.75, 3.05) is 13.2 Å².